The number of benzene rings is 2. The molecule has 176 valence electrons. The van der Waals surface area contributed by atoms with E-state index in [1.54, 1.807) is 0 Å². The Kier molecular flexibility index (Phi) is 9.13. The Morgan fingerprint density at radius 3 is 1.97 bits per heavy atom. The molecule has 0 aliphatic heterocycles. The van der Waals surface area contributed by atoms with Crippen LogP contribution in [0, 0.1) is 19.3 Å². The molecule has 2 nitrogen and oxygen atoms in total. The molecule has 0 amide bonds. The predicted octanol–water partition coefficient (Wildman–Crippen LogP) is 8.14. The third kappa shape index (κ3) is 6.03. The molecule has 32 heavy (non-hydrogen) atoms. The van der Waals surface area contributed by atoms with Crippen LogP contribution in [0.5, 0.6) is 5.75 Å². The lowest BCUT2D eigenvalue weighted by Gasteiger charge is -2.34. The Bertz CT molecular complexity index is 898. The number of Topliss-reactive ketones (excluding diaryl/α,β-unsaturated/α-hetero) is 1. The lowest BCUT2D eigenvalue weighted by atomic mass is 9.69. The number of hydrogen-bond donors (Lipinski definition) is 0. The van der Waals surface area contributed by atoms with Crippen molar-refractivity contribution in [1.29, 1.82) is 0 Å². The second-order valence-electron chi connectivity index (χ2n) is 10.3. The van der Waals surface area contributed by atoms with Gasteiger partial charge in [0.05, 0.1) is 6.61 Å². The minimum Gasteiger partial charge on any atom is -0.493 e. The van der Waals surface area contributed by atoms with Crippen LogP contribution >= 0.6 is 0 Å². The summed E-state index contributed by atoms with van der Waals surface area (Å²) in [6.45, 7) is 17.9. The van der Waals surface area contributed by atoms with Crippen molar-refractivity contribution in [2.45, 2.75) is 99.3 Å². The van der Waals surface area contributed by atoms with E-state index in [0.29, 0.717) is 12.2 Å². The first-order valence-electron chi connectivity index (χ1n) is 12.5. The number of hydrogen-bond acceptors (Lipinski definition) is 2. The maximum Gasteiger partial charge on any atom is 0.138 e. The molecule has 0 heterocycles. The summed E-state index contributed by atoms with van der Waals surface area (Å²) in [7, 11) is 0. The van der Waals surface area contributed by atoms with Crippen LogP contribution in [0.1, 0.15) is 101 Å². The summed E-state index contributed by atoms with van der Waals surface area (Å²) in [4.78, 5) is 12.4. The highest BCUT2D eigenvalue weighted by Gasteiger charge is 2.31. The number of ether oxygens (including phenoxy) is 1. The molecule has 0 bridgehead atoms. The summed E-state index contributed by atoms with van der Waals surface area (Å²) in [5, 5.41) is 0. The average Bonchev–Trinajstić information content (AvgIpc) is 2.75. The zero-order valence-corrected chi connectivity index (χ0v) is 21.7. The van der Waals surface area contributed by atoms with Crippen molar-refractivity contribution in [3.63, 3.8) is 0 Å². The van der Waals surface area contributed by atoms with Gasteiger partial charge in [0.1, 0.15) is 11.5 Å². The number of carbonyl (C=O) groups excluding carboxylic acids is 1. The molecule has 0 spiro atoms. The molecule has 0 radical (unpaired) electrons. The summed E-state index contributed by atoms with van der Waals surface area (Å²) < 4.78 is 6.00. The summed E-state index contributed by atoms with van der Waals surface area (Å²) in [5.41, 5.74) is 6.21. The topological polar surface area (TPSA) is 26.3 Å². The first-order chi connectivity index (χ1) is 15.1. The minimum atomic E-state index is -0.266. The molecule has 2 rings (SSSR count). The first-order valence-corrected chi connectivity index (χ1v) is 12.5. The van der Waals surface area contributed by atoms with Gasteiger partial charge in [0.15, 0.2) is 0 Å². The van der Waals surface area contributed by atoms with Crippen molar-refractivity contribution in [3.05, 3.63) is 64.2 Å². The second-order valence-corrected chi connectivity index (χ2v) is 10.3. The fourth-order valence-electron chi connectivity index (χ4n) is 4.57. The molecule has 2 aromatic carbocycles. The van der Waals surface area contributed by atoms with Crippen LogP contribution in [0.2, 0.25) is 0 Å². The number of unbranched alkanes of at least 4 members (excludes halogenated alkanes) is 1. The van der Waals surface area contributed by atoms with Gasteiger partial charge in [0.25, 0.3) is 0 Å². The molecule has 0 N–H and O–H groups in total. The minimum absolute atomic E-state index is 0.0166. The molecule has 0 saturated carbocycles. The van der Waals surface area contributed by atoms with Crippen molar-refractivity contribution in [2.24, 2.45) is 5.41 Å². The van der Waals surface area contributed by atoms with Crippen LogP contribution in [0.4, 0.5) is 0 Å². The molecular formula is C30H44O2. The zero-order valence-electron chi connectivity index (χ0n) is 21.7. The number of ketones is 1. The van der Waals surface area contributed by atoms with E-state index in [1.165, 1.54) is 27.8 Å². The van der Waals surface area contributed by atoms with E-state index in [4.69, 9.17) is 4.74 Å². The summed E-state index contributed by atoms with van der Waals surface area (Å²) >= 11 is 0. The Labute approximate surface area is 196 Å². The van der Waals surface area contributed by atoms with Crippen LogP contribution in [0.25, 0.3) is 0 Å². The van der Waals surface area contributed by atoms with E-state index in [9.17, 15) is 4.79 Å². The summed E-state index contributed by atoms with van der Waals surface area (Å²) in [5.74, 6) is 1.33. The van der Waals surface area contributed by atoms with Gasteiger partial charge in [0, 0.05) is 17.3 Å². The number of carbonyl (C=O) groups is 1. The molecule has 0 fully saturated rings. The largest absolute Gasteiger partial charge is 0.493 e. The Morgan fingerprint density at radius 1 is 0.875 bits per heavy atom. The molecular weight excluding hydrogens is 392 g/mol. The van der Waals surface area contributed by atoms with Gasteiger partial charge >= 0.3 is 0 Å². The normalized spacial score (nSPS) is 12.1. The van der Waals surface area contributed by atoms with Gasteiger partial charge in [-0.1, -0.05) is 78.3 Å². The van der Waals surface area contributed by atoms with Crippen molar-refractivity contribution in [2.75, 3.05) is 6.61 Å². The molecule has 0 saturated heterocycles. The Balaban J connectivity index is 2.32. The van der Waals surface area contributed by atoms with Gasteiger partial charge < -0.3 is 4.74 Å². The van der Waals surface area contributed by atoms with Crippen LogP contribution in [0.3, 0.4) is 0 Å². The van der Waals surface area contributed by atoms with E-state index >= 15 is 0 Å². The van der Waals surface area contributed by atoms with Gasteiger partial charge in [-0.3, -0.25) is 4.79 Å². The summed E-state index contributed by atoms with van der Waals surface area (Å²) in [6, 6.07) is 13.6. The number of rotatable bonds is 11. The van der Waals surface area contributed by atoms with Gasteiger partial charge in [-0.2, -0.15) is 0 Å². The first kappa shape index (κ1) is 26.2. The SMILES string of the molecule is CCCCOc1ccc(C(CC)(CC)c2ccc(CCC(=O)C(C)(C)C)c(C)c2)cc1C. The quantitative estimate of drug-likeness (QED) is 0.332. The Morgan fingerprint density at radius 2 is 1.47 bits per heavy atom. The van der Waals surface area contributed by atoms with E-state index in [0.717, 1.165) is 44.5 Å². The van der Waals surface area contributed by atoms with Crippen molar-refractivity contribution in [3.8, 4) is 5.75 Å². The van der Waals surface area contributed by atoms with Gasteiger partial charge in [0.2, 0.25) is 0 Å². The van der Waals surface area contributed by atoms with Gasteiger partial charge in [-0.25, -0.2) is 0 Å². The van der Waals surface area contributed by atoms with Gasteiger partial charge in [-0.15, -0.1) is 0 Å². The average molecular weight is 437 g/mol. The molecule has 0 aliphatic carbocycles. The smallest absolute Gasteiger partial charge is 0.138 e. The fourth-order valence-corrected chi connectivity index (χ4v) is 4.57. The highest BCUT2D eigenvalue weighted by atomic mass is 16.5. The lowest BCUT2D eigenvalue weighted by molar-refractivity contribution is -0.126. The lowest BCUT2D eigenvalue weighted by Crippen LogP contribution is -2.26. The van der Waals surface area contributed by atoms with Crippen LogP contribution in [-0.2, 0) is 16.6 Å². The van der Waals surface area contributed by atoms with Crippen LogP contribution in [0.15, 0.2) is 36.4 Å². The molecule has 0 atom stereocenters. The van der Waals surface area contributed by atoms with Crippen LogP contribution < -0.4 is 4.74 Å². The van der Waals surface area contributed by atoms with Crippen molar-refractivity contribution < 1.29 is 9.53 Å². The van der Waals surface area contributed by atoms with E-state index in [-0.39, 0.29) is 10.8 Å². The fraction of sp³-hybridized carbons (Fsp3) is 0.567. The standard InChI is InChI=1S/C30H44O2/c1-9-12-19-32-27-17-16-26(21-23(27)5)30(10-2,11-3)25-15-13-24(22(4)20-25)14-18-28(31)29(6,7)8/h13,15-17,20-21H,9-12,14,18-19H2,1-8H3. The monoisotopic (exact) mass is 436 g/mol. The maximum atomic E-state index is 12.4. The summed E-state index contributed by atoms with van der Waals surface area (Å²) in [6.07, 6.45) is 5.74. The molecule has 0 aromatic heterocycles. The third-order valence-corrected chi connectivity index (χ3v) is 7.04. The molecule has 2 aromatic rings. The van der Waals surface area contributed by atoms with Crippen molar-refractivity contribution >= 4 is 5.78 Å². The predicted molar refractivity (Wildman–Crippen MR) is 137 cm³/mol. The third-order valence-electron chi connectivity index (χ3n) is 7.04. The molecule has 2 heteroatoms. The number of aryl methyl sites for hydroxylation is 3. The Hall–Kier alpha value is -2.09. The van der Waals surface area contributed by atoms with Crippen molar-refractivity contribution in [1.82, 2.24) is 0 Å². The highest BCUT2D eigenvalue weighted by Crippen LogP contribution is 2.41. The van der Waals surface area contributed by atoms with Crippen LogP contribution in [-0.4, -0.2) is 12.4 Å². The zero-order chi connectivity index (χ0) is 23.9. The maximum absolute atomic E-state index is 12.4. The highest BCUT2D eigenvalue weighted by molar-refractivity contribution is 5.83. The van der Waals surface area contributed by atoms with E-state index in [2.05, 4.69) is 71.0 Å². The van der Waals surface area contributed by atoms with Gasteiger partial charge in [-0.05, 0) is 73.4 Å². The molecule has 0 aliphatic rings. The van der Waals surface area contributed by atoms with E-state index < -0.39 is 0 Å². The second kappa shape index (κ2) is 11.2. The van der Waals surface area contributed by atoms with E-state index in [1.807, 2.05) is 20.8 Å². The molecule has 0 unspecified atom stereocenters.